The molecule has 0 aliphatic rings. The second-order valence-electron chi connectivity index (χ2n) is 1.40. The minimum Gasteiger partial charge on any atom is -0.269 e. The van der Waals surface area contributed by atoms with Crippen LogP contribution in [-0.4, -0.2) is 12.0 Å². The average Bonchev–Trinajstić information content (AvgIpc) is 1.83. The van der Waals surface area contributed by atoms with Crippen LogP contribution in [0.25, 0.3) is 0 Å². The molecule has 0 aliphatic heterocycles. The lowest BCUT2D eigenvalue weighted by Gasteiger charge is -1.89. The largest absolute Gasteiger partial charge is 0.269 e. The van der Waals surface area contributed by atoms with E-state index in [0.29, 0.717) is 0 Å². The maximum Gasteiger partial charge on any atom is 0.0461 e. The molecule has 0 rings (SSSR count). The van der Waals surface area contributed by atoms with E-state index in [4.69, 9.17) is 0 Å². The molecule has 1 nitrogen and oxygen atoms in total. The van der Waals surface area contributed by atoms with E-state index >= 15 is 0 Å². The molecule has 0 aromatic heterocycles. The van der Waals surface area contributed by atoms with Gasteiger partial charge in [0.25, 0.3) is 0 Å². The first-order valence-corrected chi connectivity index (χ1v) is 3.69. The fourth-order valence-corrected chi connectivity index (χ4v) is 0.803. The molecule has 0 radical (unpaired) electrons. The molecular weight excluding hydrogens is 166 g/mol. The van der Waals surface area contributed by atoms with E-state index < -0.39 is 0 Å². The van der Waals surface area contributed by atoms with Crippen molar-refractivity contribution >= 4 is 22.6 Å². The molecule has 0 amide bonds. The molecule has 0 heterocycles. The molecule has 0 spiro atoms. The zero-order chi connectivity index (χ0) is 6.41. The number of rotatable bonds is 3. The molecule has 8 heavy (non-hydrogen) atoms. The molecule has 0 saturated carbocycles. The summed E-state index contributed by atoms with van der Waals surface area (Å²) in [7, 11) is 0. The standard InChI is InChI=1S/C6H10BrN/c1-3-4-6(5-7)8-2/h4H,2-3,5H2,1H3. The molecule has 0 saturated heterocycles. The first kappa shape index (κ1) is 7.89. The Labute approximate surface area is 58.6 Å². The van der Waals surface area contributed by atoms with Crippen LogP contribution < -0.4 is 0 Å². The van der Waals surface area contributed by atoms with Crippen molar-refractivity contribution in [3.8, 4) is 0 Å². The Morgan fingerprint density at radius 3 is 2.62 bits per heavy atom. The van der Waals surface area contributed by atoms with Crippen LogP contribution in [0.3, 0.4) is 0 Å². The summed E-state index contributed by atoms with van der Waals surface area (Å²) in [6, 6.07) is 0. The van der Waals surface area contributed by atoms with Crippen LogP contribution in [0.15, 0.2) is 16.8 Å². The Balaban J connectivity index is 3.66. The van der Waals surface area contributed by atoms with Gasteiger partial charge in [0.15, 0.2) is 0 Å². The van der Waals surface area contributed by atoms with Gasteiger partial charge in [-0.1, -0.05) is 28.9 Å². The van der Waals surface area contributed by atoms with E-state index in [-0.39, 0.29) is 0 Å². The molecule has 0 atom stereocenters. The van der Waals surface area contributed by atoms with Crippen LogP contribution in [0.4, 0.5) is 0 Å². The van der Waals surface area contributed by atoms with E-state index in [9.17, 15) is 0 Å². The molecule has 0 aromatic carbocycles. The van der Waals surface area contributed by atoms with Gasteiger partial charge in [0, 0.05) is 11.0 Å². The predicted octanol–water partition coefficient (Wildman–Crippen LogP) is 2.38. The lowest BCUT2D eigenvalue weighted by molar-refractivity contribution is 1.17. The maximum absolute atomic E-state index is 3.76. The molecule has 46 valence electrons. The van der Waals surface area contributed by atoms with Crippen LogP contribution in [0.2, 0.25) is 0 Å². The maximum atomic E-state index is 3.76. The minimum absolute atomic E-state index is 0.810. The molecule has 0 fully saturated rings. The third-order valence-electron chi connectivity index (χ3n) is 0.780. The first-order valence-electron chi connectivity index (χ1n) is 2.56. The van der Waals surface area contributed by atoms with Crippen LogP contribution >= 0.6 is 15.9 Å². The SMILES string of the molecule is C=NC(=CCC)CBr. The number of halogens is 1. The zero-order valence-electron chi connectivity index (χ0n) is 5.02. The van der Waals surface area contributed by atoms with Gasteiger partial charge in [0.2, 0.25) is 0 Å². The van der Waals surface area contributed by atoms with E-state index in [1.807, 2.05) is 6.08 Å². The Morgan fingerprint density at radius 2 is 2.50 bits per heavy atom. The van der Waals surface area contributed by atoms with Crippen LogP contribution in [0.5, 0.6) is 0 Å². The summed E-state index contributed by atoms with van der Waals surface area (Å²) in [5.41, 5.74) is 1.02. The highest BCUT2D eigenvalue weighted by molar-refractivity contribution is 9.09. The topological polar surface area (TPSA) is 12.4 Å². The highest BCUT2D eigenvalue weighted by atomic mass is 79.9. The van der Waals surface area contributed by atoms with Crippen molar-refractivity contribution in [1.82, 2.24) is 0 Å². The number of alkyl halides is 1. The van der Waals surface area contributed by atoms with Gasteiger partial charge in [-0.05, 0) is 13.1 Å². The summed E-state index contributed by atoms with van der Waals surface area (Å²) in [4.78, 5) is 3.76. The molecule has 0 bridgehead atoms. The average molecular weight is 176 g/mol. The molecular formula is C6H10BrN. The highest BCUT2D eigenvalue weighted by Gasteiger charge is 1.83. The summed E-state index contributed by atoms with van der Waals surface area (Å²) < 4.78 is 0. The van der Waals surface area contributed by atoms with Crippen LogP contribution in [-0.2, 0) is 0 Å². The Bertz CT molecular complexity index is 96.7. The second-order valence-corrected chi connectivity index (χ2v) is 1.96. The van der Waals surface area contributed by atoms with Gasteiger partial charge in [-0.15, -0.1) is 0 Å². The van der Waals surface area contributed by atoms with Gasteiger partial charge in [-0.25, -0.2) is 0 Å². The van der Waals surface area contributed by atoms with Gasteiger partial charge in [0.05, 0.1) is 0 Å². The number of nitrogens with zero attached hydrogens (tertiary/aromatic N) is 1. The van der Waals surface area contributed by atoms with Gasteiger partial charge in [-0.2, -0.15) is 0 Å². The monoisotopic (exact) mass is 175 g/mol. The quantitative estimate of drug-likeness (QED) is 0.462. The first-order chi connectivity index (χ1) is 3.85. The number of hydrogen-bond donors (Lipinski definition) is 0. The Kier molecular flexibility index (Phi) is 4.97. The molecule has 2 heteroatoms. The molecule has 0 aromatic rings. The van der Waals surface area contributed by atoms with Crippen molar-refractivity contribution in [3.63, 3.8) is 0 Å². The smallest absolute Gasteiger partial charge is 0.0461 e. The van der Waals surface area contributed by atoms with Gasteiger partial charge < -0.3 is 0 Å². The number of hydrogen-bond acceptors (Lipinski definition) is 1. The summed E-state index contributed by atoms with van der Waals surface area (Å²) in [5.74, 6) is 0. The van der Waals surface area contributed by atoms with E-state index in [2.05, 4.69) is 34.6 Å². The summed E-state index contributed by atoms with van der Waals surface area (Å²) in [6.07, 6.45) is 3.07. The van der Waals surface area contributed by atoms with Crippen molar-refractivity contribution in [2.24, 2.45) is 4.99 Å². The normalized spacial score (nSPS) is 11.5. The lowest BCUT2D eigenvalue weighted by atomic mass is 10.4. The third-order valence-corrected chi connectivity index (χ3v) is 1.35. The summed E-state index contributed by atoms with van der Waals surface area (Å²) >= 11 is 3.27. The predicted molar refractivity (Wildman–Crippen MR) is 41.7 cm³/mol. The lowest BCUT2D eigenvalue weighted by Crippen LogP contribution is -1.75. The van der Waals surface area contributed by atoms with E-state index in [1.165, 1.54) is 0 Å². The third kappa shape index (κ3) is 2.97. The van der Waals surface area contributed by atoms with E-state index in [0.717, 1.165) is 17.4 Å². The van der Waals surface area contributed by atoms with Crippen molar-refractivity contribution in [2.45, 2.75) is 13.3 Å². The molecule has 0 N–H and O–H groups in total. The van der Waals surface area contributed by atoms with Gasteiger partial charge in [0.1, 0.15) is 0 Å². The van der Waals surface area contributed by atoms with E-state index in [1.54, 1.807) is 0 Å². The van der Waals surface area contributed by atoms with Crippen molar-refractivity contribution < 1.29 is 0 Å². The summed E-state index contributed by atoms with van der Waals surface area (Å²) in [5, 5.41) is 0.810. The Morgan fingerprint density at radius 1 is 1.88 bits per heavy atom. The molecule has 0 aliphatic carbocycles. The zero-order valence-corrected chi connectivity index (χ0v) is 6.61. The fourth-order valence-electron chi connectivity index (χ4n) is 0.397. The minimum atomic E-state index is 0.810. The highest BCUT2D eigenvalue weighted by Crippen LogP contribution is 2.00. The number of aliphatic imine (C=N–C) groups is 1. The van der Waals surface area contributed by atoms with Gasteiger partial charge >= 0.3 is 0 Å². The van der Waals surface area contributed by atoms with Crippen LogP contribution in [0.1, 0.15) is 13.3 Å². The second kappa shape index (κ2) is 5.04. The van der Waals surface area contributed by atoms with Crippen molar-refractivity contribution in [3.05, 3.63) is 11.8 Å². The van der Waals surface area contributed by atoms with Gasteiger partial charge in [-0.3, -0.25) is 4.99 Å². The fraction of sp³-hybridized carbons (Fsp3) is 0.500. The van der Waals surface area contributed by atoms with Crippen LogP contribution in [0, 0.1) is 0 Å². The Hall–Kier alpha value is -0.110. The number of allylic oxidation sites excluding steroid dienone is 2. The van der Waals surface area contributed by atoms with Crippen molar-refractivity contribution in [2.75, 3.05) is 5.33 Å². The molecule has 0 unspecified atom stereocenters. The van der Waals surface area contributed by atoms with Crippen molar-refractivity contribution in [1.29, 1.82) is 0 Å². The summed E-state index contributed by atoms with van der Waals surface area (Å²) in [6.45, 7) is 5.48.